The van der Waals surface area contributed by atoms with Crippen molar-refractivity contribution < 1.29 is 19.4 Å². The molecule has 1 aliphatic rings. The topological polar surface area (TPSA) is 96.8 Å². The molecule has 4 aromatic rings. The Labute approximate surface area is 255 Å². The molecule has 0 amide bonds. The van der Waals surface area contributed by atoms with Gasteiger partial charge < -0.3 is 19.9 Å². The lowest BCUT2D eigenvalue weighted by atomic mass is 9.99. The van der Waals surface area contributed by atoms with Gasteiger partial charge in [0.2, 0.25) is 5.88 Å². The Morgan fingerprint density at radius 2 is 1.79 bits per heavy atom. The number of carbonyl (C=O) groups is 1. The van der Waals surface area contributed by atoms with Crippen molar-refractivity contribution in [3.05, 3.63) is 82.0 Å². The van der Waals surface area contributed by atoms with Crippen LogP contribution in [0, 0.1) is 5.92 Å². The van der Waals surface area contributed by atoms with Gasteiger partial charge in [0.05, 0.1) is 41.6 Å². The molecule has 2 aromatic carbocycles. The summed E-state index contributed by atoms with van der Waals surface area (Å²) >= 11 is 14.0. The number of aromatic nitrogens is 2. The Morgan fingerprint density at radius 1 is 1.02 bits per heavy atom. The fourth-order valence-electron chi connectivity index (χ4n) is 5.35. The second-order valence-corrected chi connectivity index (χ2v) is 10.9. The van der Waals surface area contributed by atoms with E-state index >= 15 is 0 Å². The summed E-state index contributed by atoms with van der Waals surface area (Å²) in [5, 5.41) is 13.4. The van der Waals surface area contributed by atoms with E-state index in [1.54, 1.807) is 20.4 Å². The summed E-state index contributed by atoms with van der Waals surface area (Å²) in [6.07, 6.45) is 2.36. The first-order valence-electron chi connectivity index (χ1n) is 13.6. The highest BCUT2D eigenvalue weighted by Crippen LogP contribution is 2.42. The normalized spacial score (nSPS) is 15.1. The standard InChI is InChI=1S/C32H32Cl2N4O4/c1-35-16-20-9-10-26(37-31(20)42-3)25-6-4-5-23(28(25)33)24-11-13-36-30(29(24)34)19-7-8-21(27(15-19)41-2)17-38-14-12-22(18-38)32(39)40/h4-11,13,15,22,35H,12,14,16-18H2,1-3H3,(H,39,40)/t22-/m1/s1. The molecule has 1 atom stereocenters. The van der Waals surface area contributed by atoms with Gasteiger partial charge in [-0.15, -0.1) is 0 Å². The summed E-state index contributed by atoms with van der Waals surface area (Å²) in [7, 11) is 5.10. The molecular weight excluding hydrogens is 575 g/mol. The van der Waals surface area contributed by atoms with E-state index in [0.717, 1.165) is 39.9 Å². The number of rotatable bonds is 10. The Hall–Kier alpha value is -3.69. The number of halogens is 2. The van der Waals surface area contributed by atoms with Gasteiger partial charge in [0, 0.05) is 59.2 Å². The van der Waals surface area contributed by atoms with Gasteiger partial charge in [0.15, 0.2) is 0 Å². The number of likely N-dealkylation sites (tertiary alicyclic amines) is 1. The lowest BCUT2D eigenvalue weighted by molar-refractivity contribution is -0.141. The van der Waals surface area contributed by atoms with Gasteiger partial charge in [-0.3, -0.25) is 14.7 Å². The molecule has 0 aliphatic carbocycles. The van der Waals surface area contributed by atoms with Crippen molar-refractivity contribution in [1.82, 2.24) is 20.2 Å². The van der Waals surface area contributed by atoms with E-state index in [0.29, 0.717) is 59.1 Å². The molecular formula is C32H32Cl2N4O4. The number of nitrogens with one attached hydrogen (secondary N) is 1. The molecule has 0 unspecified atom stereocenters. The van der Waals surface area contributed by atoms with Crippen LogP contribution in [-0.2, 0) is 17.9 Å². The molecule has 10 heteroatoms. The number of nitrogens with zero attached hydrogens (tertiary/aromatic N) is 3. The Bertz CT molecular complexity index is 1610. The van der Waals surface area contributed by atoms with E-state index in [1.165, 1.54) is 0 Å². The molecule has 8 nitrogen and oxygen atoms in total. The molecule has 2 N–H and O–H groups in total. The van der Waals surface area contributed by atoms with Crippen LogP contribution in [0.2, 0.25) is 10.0 Å². The third-order valence-corrected chi connectivity index (χ3v) is 8.32. The summed E-state index contributed by atoms with van der Waals surface area (Å²) in [6.45, 7) is 2.50. The van der Waals surface area contributed by atoms with Crippen LogP contribution in [-0.4, -0.2) is 60.3 Å². The highest BCUT2D eigenvalue weighted by Gasteiger charge is 2.28. The largest absolute Gasteiger partial charge is 0.496 e. The number of hydrogen-bond donors (Lipinski definition) is 2. The maximum absolute atomic E-state index is 11.4. The molecule has 0 saturated carbocycles. The maximum atomic E-state index is 11.4. The zero-order valence-electron chi connectivity index (χ0n) is 23.7. The van der Waals surface area contributed by atoms with Gasteiger partial charge in [-0.25, -0.2) is 4.98 Å². The molecule has 0 spiro atoms. The van der Waals surface area contributed by atoms with Crippen LogP contribution in [0.3, 0.4) is 0 Å². The summed E-state index contributed by atoms with van der Waals surface area (Å²) in [6, 6.07) is 17.4. The van der Waals surface area contributed by atoms with Crippen LogP contribution in [0.25, 0.3) is 33.6 Å². The third-order valence-electron chi connectivity index (χ3n) is 7.53. The van der Waals surface area contributed by atoms with Crippen LogP contribution < -0.4 is 14.8 Å². The second kappa shape index (κ2) is 13.1. The minimum Gasteiger partial charge on any atom is -0.496 e. The minimum atomic E-state index is -0.746. The number of aliphatic carboxylic acids is 1. The number of carboxylic acid groups (broad SMARTS) is 1. The Kier molecular flexibility index (Phi) is 9.28. The lowest BCUT2D eigenvalue weighted by Crippen LogP contribution is -2.23. The highest BCUT2D eigenvalue weighted by molar-refractivity contribution is 6.39. The molecule has 1 fully saturated rings. The summed E-state index contributed by atoms with van der Waals surface area (Å²) in [4.78, 5) is 22.8. The first-order chi connectivity index (χ1) is 20.3. The molecule has 0 bridgehead atoms. The van der Waals surface area contributed by atoms with E-state index in [1.807, 2.05) is 61.6 Å². The average molecular weight is 608 g/mol. The van der Waals surface area contributed by atoms with Gasteiger partial charge in [0.1, 0.15) is 5.75 Å². The van der Waals surface area contributed by atoms with Crippen LogP contribution in [0.1, 0.15) is 17.5 Å². The zero-order chi connectivity index (χ0) is 29.8. The minimum absolute atomic E-state index is 0.332. The van der Waals surface area contributed by atoms with Gasteiger partial charge in [-0.1, -0.05) is 59.6 Å². The molecule has 1 saturated heterocycles. The molecule has 5 rings (SSSR count). The van der Waals surface area contributed by atoms with Crippen molar-refractivity contribution in [2.75, 3.05) is 34.4 Å². The van der Waals surface area contributed by atoms with E-state index in [2.05, 4.69) is 15.2 Å². The van der Waals surface area contributed by atoms with Crippen LogP contribution in [0.4, 0.5) is 0 Å². The van der Waals surface area contributed by atoms with Crippen molar-refractivity contribution in [2.45, 2.75) is 19.5 Å². The first kappa shape index (κ1) is 29.8. The van der Waals surface area contributed by atoms with Crippen molar-refractivity contribution in [3.8, 4) is 45.3 Å². The van der Waals surface area contributed by atoms with Crippen molar-refractivity contribution in [3.63, 3.8) is 0 Å². The quantitative estimate of drug-likeness (QED) is 0.213. The number of benzene rings is 2. The van der Waals surface area contributed by atoms with Crippen molar-refractivity contribution in [2.24, 2.45) is 5.92 Å². The second-order valence-electron chi connectivity index (χ2n) is 10.2. The van der Waals surface area contributed by atoms with Crippen LogP contribution in [0.15, 0.2) is 60.8 Å². The first-order valence-corrected chi connectivity index (χ1v) is 14.3. The number of methoxy groups -OCH3 is 2. The highest BCUT2D eigenvalue weighted by atomic mass is 35.5. The summed E-state index contributed by atoms with van der Waals surface area (Å²) in [5.41, 5.74) is 6.27. The zero-order valence-corrected chi connectivity index (χ0v) is 25.2. The van der Waals surface area contributed by atoms with E-state index in [4.69, 9.17) is 37.7 Å². The van der Waals surface area contributed by atoms with Gasteiger partial charge in [0.25, 0.3) is 0 Å². The smallest absolute Gasteiger partial charge is 0.307 e. The van der Waals surface area contributed by atoms with Gasteiger partial charge >= 0.3 is 5.97 Å². The number of ether oxygens (including phenoxy) is 2. The lowest BCUT2D eigenvalue weighted by Gasteiger charge is -2.18. The fraction of sp³-hybridized carbons (Fsp3) is 0.281. The van der Waals surface area contributed by atoms with Gasteiger partial charge in [-0.05, 0) is 38.2 Å². The van der Waals surface area contributed by atoms with Crippen molar-refractivity contribution in [1.29, 1.82) is 0 Å². The van der Waals surface area contributed by atoms with Gasteiger partial charge in [-0.2, -0.15) is 0 Å². The summed E-state index contributed by atoms with van der Waals surface area (Å²) < 4.78 is 11.2. The molecule has 0 radical (unpaired) electrons. The Balaban J connectivity index is 1.46. The summed E-state index contributed by atoms with van der Waals surface area (Å²) in [5.74, 6) is 0.152. The van der Waals surface area contributed by atoms with Crippen LogP contribution >= 0.6 is 23.2 Å². The molecule has 1 aliphatic heterocycles. The average Bonchev–Trinajstić information content (AvgIpc) is 3.47. The molecule has 218 valence electrons. The van der Waals surface area contributed by atoms with E-state index in [-0.39, 0.29) is 5.92 Å². The molecule has 42 heavy (non-hydrogen) atoms. The number of carboxylic acids is 1. The third kappa shape index (κ3) is 6.08. The van der Waals surface area contributed by atoms with E-state index in [9.17, 15) is 9.90 Å². The monoisotopic (exact) mass is 606 g/mol. The fourth-order valence-corrected chi connectivity index (χ4v) is 6.00. The SMILES string of the molecule is CNCc1ccc(-c2cccc(-c3ccnc(-c4ccc(CN5CC[C@@H](C(=O)O)C5)c(OC)c4)c3Cl)c2Cl)nc1OC. The maximum Gasteiger partial charge on any atom is 0.307 e. The predicted octanol–water partition coefficient (Wildman–Crippen LogP) is 6.43. The molecule has 2 aromatic heterocycles. The number of hydrogen-bond acceptors (Lipinski definition) is 7. The van der Waals surface area contributed by atoms with Crippen molar-refractivity contribution >= 4 is 29.2 Å². The predicted molar refractivity (Wildman–Crippen MR) is 165 cm³/mol. The van der Waals surface area contributed by atoms with E-state index < -0.39 is 5.97 Å². The Morgan fingerprint density at radius 3 is 2.50 bits per heavy atom. The van der Waals surface area contributed by atoms with Crippen LogP contribution in [0.5, 0.6) is 11.6 Å². The number of pyridine rings is 2. The molecule has 3 heterocycles.